The number of nitrogens with zero attached hydrogens (tertiary/aromatic N) is 1. The number of nitro benzene ring substituents is 1. The van der Waals surface area contributed by atoms with E-state index in [0.29, 0.717) is 0 Å². The van der Waals surface area contributed by atoms with Crippen molar-refractivity contribution in [1.29, 1.82) is 0 Å². The molecule has 0 radical (unpaired) electrons. The Balaban J connectivity index is 3.21. The monoisotopic (exact) mass is 201 g/mol. The number of Topliss-reactive ketones (excluding diaryl/α,β-unsaturated/α-hetero) is 1. The Kier molecular flexibility index (Phi) is 2.85. The standard InChI is InChI=1S/C8H5F2NO3/c9-4-8(12)6-3-5(11(13)14)1-2-7(6)10/h1-3H,4H2. The predicted molar refractivity (Wildman–Crippen MR) is 43.4 cm³/mol. The molecule has 1 aromatic rings. The first-order valence-corrected chi connectivity index (χ1v) is 3.59. The fourth-order valence-corrected chi connectivity index (χ4v) is 0.912. The molecule has 0 amide bonds. The molecule has 0 aliphatic heterocycles. The van der Waals surface area contributed by atoms with Crippen molar-refractivity contribution in [2.24, 2.45) is 0 Å². The van der Waals surface area contributed by atoms with Crippen molar-refractivity contribution in [2.45, 2.75) is 0 Å². The number of carbonyl (C=O) groups excluding carboxylic acids is 1. The minimum Gasteiger partial charge on any atom is -0.291 e. The molecule has 0 spiro atoms. The second-order valence-corrected chi connectivity index (χ2v) is 2.48. The normalized spacial score (nSPS) is 9.86. The van der Waals surface area contributed by atoms with E-state index in [-0.39, 0.29) is 0 Å². The van der Waals surface area contributed by atoms with Crippen LogP contribution in [0.2, 0.25) is 0 Å². The lowest BCUT2D eigenvalue weighted by Crippen LogP contribution is -2.05. The van der Waals surface area contributed by atoms with Crippen LogP contribution in [-0.2, 0) is 0 Å². The van der Waals surface area contributed by atoms with E-state index in [2.05, 4.69) is 0 Å². The van der Waals surface area contributed by atoms with E-state index in [0.717, 1.165) is 18.2 Å². The Labute approximate surface area is 77.3 Å². The molecule has 4 nitrogen and oxygen atoms in total. The number of carbonyl (C=O) groups is 1. The SMILES string of the molecule is O=C(CF)c1cc([N+](=O)[O-])ccc1F. The highest BCUT2D eigenvalue weighted by atomic mass is 19.1. The van der Waals surface area contributed by atoms with Crippen LogP contribution in [-0.4, -0.2) is 17.4 Å². The molecule has 14 heavy (non-hydrogen) atoms. The maximum atomic E-state index is 12.9. The fraction of sp³-hybridized carbons (Fsp3) is 0.125. The zero-order valence-corrected chi connectivity index (χ0v) is 6.87. The van der Waals surface area contributed by atoms with Crippen LogP contribution in [0.1, 0.15) is 10.4 Å². The number of nitro groups is 1. The van der Waals surface area contributed by atoms with Gasteiger partial charge in [0.1, 0.15) is 5.82 Å². The number of hydrogen-bond acceptors (Lipinski definition) is 3. The Morgan fingerprint density at radius 1 is 1.50 bits per heavy atom. The van der Waals surface area contributed by atoms with Gasteiger partial charge in [-0.2, -0.15) is 0 Å². The maximum Gasteiger partial charge on any atom is 0.270 e. The second-order valence-electron chi connectivity index (χ2n) is 2.48. The third-order valence-electron chi connectivity index (χ3n) is 1.58. The molecular formula is C8H5F2NO3. The second kappa shape index (κ2) is 3.91. The molecule has 0 fully saturated rings. The molecule has 1 aromatic carbocycles. The lowest BCUT2D eigenvalue weighted by molar-refractivity contribution is -0.384. The van der Waals surface area contributed by atoms with Gasteiger partial charge in [0, 0.05) is 12.1 Å². The Bertz CT molecular complexity index is 392. The van der Waals surface area contributed by atoms with Crippen LogP contribution in [0.5, 0.6) is 0 Å². The van der Waals surface area contributed by atoms with E-state index in [1.54, 1.807) is 0 Å². The summed E-state index contributed by atoms with van der Waals surface area (Å²) in [6.07, 6.45) is 0. The van der Waals surface area contributed by atoms with E-state index in [1.165, 1.54) is 0 Å². The van der Waals surface area contributed by atoms with E-state index in [9.17, 15) is 23.7 Å². The zero-order chi connectivity index (χ0) is 10.7. The van der Waals surface area contributed by atoms with Crippen molar-refractivity contribution >= 4 is 11.5 Å². The van der Waals surface area contributed by atoms with Gasteiger partial charge in [0.15, 0.2) is 12.5 Å². The van der Waals surface area contributed by atoms with Gasteiger partial charge in [-0.05, 0) is 6.07 Å². The van der Waals surface area contributed by atoms with Gasteiger partial charge < -0.3 is 0 Å². The number of ketones is 1. The van der Waals surface area contributed by atoms with Gasteiger partial charge in [-0.3, -0.25) is 14.9 Å². The van der Waals surface area contributed by atoms with Crippen LogP contribution in [0.25, 0.3) is 0 Å². The van der Waals surface area contributed by atoms with Crippen LogP contribution in [0.15, 0.2) is 18.2 Å². The number of hydrogen-bond donors (Lipinski definition) is 0. The first-order chi connectivity index (χ1) is 6.56. The molecule has 0 saturated heterocycles. The third-order valence-corrected chi connectivity index (χ3v) is 1.58. The predicted octanol–water partition coefficient (Wildman–Crippen LogP) is 1.89. The summed E-state index contributed by atoms with van der Waals surface area (Å²) in [5, 5.41) is 10.3. The molecule has 0 N–H and O–H groups in total. The van der Waals surface area contributed by atoms with Gasteiger partial charge in [-0.25, -0.2) is 8.78 Å². The highest BCUT2D eigenvalue weighted by Gasteiger charge is 2.16. The number of alkyl halides is 1. The Morgan fingerprint density at radius 3 is 2.64 bits per heavy atom. The molecule has 0 aromatic heterocycles. The molecule has 0 aliphatic carbocycles. The van der Waals surface area contributed by atoms with Gasteiger partial charge in [0.2, 0.25) is 0 Å². The highest BCUT2D eigenvalue weighted by Crippen LogP contribution is 2.17. The topological polar surface area (TPSA) is 60.2 Å². The van der Waals surface area contributed by atoms with Crippen molar-refractivity contribution in [3.63, 3.8) is 0 Å². The largest absolute Gasteiger partial charge is 0.291 e. The summed E-state index contributed by atoms with van der Waals surface area (Å²) >= 11 is 0. The van der Waals surface area contributed by atoms with Gasteiger partial charge in [0.05, 0.1) is 10.5 Å². The number of benzene rings is 1. The van der Waals surface area contributed by atoms with E-state index in [4.69, 9.17) is 0 Å². The Morgan fingerprint density at radius 2 is 2.14 bits per heavy atom. The minimum absolute atomic E-state index is 0.441. The molecule has 1 rings (SSSR count). The summed E-state index contributed by atoms with van der Waals surface area (Å²) in [4.78, 5) is 20.2. The van der Waals surface area contributed by atoms with E-state index < -0.39 is 34.4 Å². The first kappa shape index (κ1) is 10.2. The lowest BCUT2D eigenvalue weighted by Gasteiger charge is -1.98. The smallest absolute Gasteiger partial charge is 0.270 e. The molecule has 6 heteroatoms. The molecule has 0 unspecified atom stereocenters. The molecule has 0 heterocycles. The van der Waals surface area contributed by atoms with Gasteiger partial charge in [-0.15, -0.1) is 0 Å². The summed E-state index contributed by atoms with van der Waals surface area (Å²) < 4.78 is 24.8. The van der Waals surface area contributed by atoms with Crippen molar-refractivity contribution in [3.05, 3.63) is 39.7 Å². The van der Waals surface area contributed by atoms with Crippen molar-refractivity contribution in [1.82, 2.24) is 0 Å². The quantitative estimate of drug-likeness (QED) is 0.426. The molecular weight excluding hydrogens is 196 g/mol. The van der Waals surface area contributed by atoms with Crippen LogP contribution in [0, 0.1) is 15.9 Å². The molecule has 0 atom stereocenters. The molecule has 0 bridgehead atoms. The fourth-order valence-electron chi connectivity index (χ4n) is 0.912. The summed E-state index contributed by atoms with van der Waals surface area (Å²) in [5.74, 6) is -2.07. The summed E-state index contributed by atoms with van der Waals surface area (Å²) in [5.41, 5.74) is -1.04. The average molecular weight is 201 g/mol. The van der Waals surface area contributed by atoms with Crippen molar-refractivity contribution < 1.29 is 18.5 Å². The lowest BCUT2D eigenvalue weighted by atomic mass is 10.1. The van der Waals surface area contributed by atoms with Crippen molar-refractivity contribution in [2.75, 3.05) is 6.67 Å². The van der Waals surface area contributed by atoms with Crippen LogP contribution < -0.4 is 0 Å². The average Bonchev–Trinajstić information content (AvgIpc) is 2.17. The number of non-ortho nitro benzene ring substituents is 1. The minimum atomic E-state index is -1.38. The Hall–Kier alpha value is -1.85. The first-order valence-electron chi connectivity index (χ1n) is 3.59. The highest BCUT2D eigenvalue weighted by molar-refractivity contribution is 5.97. The summed E-state index contributed by atoms with van der Waals surface area (Å²) in [6.45, 7) is -1.38. The van der Waals surface area contributed by atoms with Crippen molar-refractivity contribution in [3.8, 4) is 0 Å². The van der Waals surface area contributed by atoms with E-state index in [1.807, 2.05) is 0 Å². The summed E-state index contributed by atoms with van der Waals surface area (Å²) in [7, 11) is 0. The number of halogens is 2. The van der Waals surface area contributed by atoms with Gasteiger partial charge >= 0.3 is 0 Å². The third kappa shape index (κ3) is 1.90. The molecule has 0 aliphatic rings. The summed E-state index contributed by atoms with van der Waals surface area (Å²) in [6, 6.07) is 2.39. The van der Waals surface area contributed by atoms with Gasteiger partial charge in [0.25, 0.3) is 5.69 Å². The maximum absolute atomic E-state index is 12.9. The molecule has 0 saturated carbocycles. The molecule has 74 valence electrons. The van der Waals surface area contributed by atoms with Gasteiger partial charge in [-0.1, -0.05) is 0 Å². The number of rotatable bonds is 3. The van der Waals surface area contributed by atoms with Crippen LogP contribution in [0.3, 0.4) is 0 Å². The van der Waals surface area contributed by atoms with E-state index >= 15 is 0 Å². The van der Waals surface area contributed by atoms with Crippen LogP contribution >= 0.6 is 0 Å². The van der Waals surface area contributed by atoms with Crippen LogP contribution in [0.4, 0.5) is 14.5 Å². The zero-order valence-electron chi connectivity index (χ0n) is 6.87.